The zero-order chi connectivity index (χ0) is 14.0. The van der Waals surface area contributed by atoms with Crippen molar-refractivity contribution in [3.8, 4) is 0 Å². The zero-order valence-electron chi connectivity index (χ0n) is 12.8. The Morgan fingerprint density at radius 1 is 1.00 bits per heavy atom. The van der Waals surface area contributed by atoms with Crippen molar-refractivity contribution in [2.45, 2.75) is 70.3 Å². The Hall–Kier alpha value is -0.820. The van der Waals surface area contributed by atoms with Crippen LogP contribution in [-0.2, 0) is 12.8 Å². The minimum absolute atomic E-state index is 0.382. The van der Waals surface area contributed by atoms with E-state index in [1.165, 1.54) is 49.7 Å². The van der Waals surface area contributed by atoms with Crippen LogP contribution in [0.5, 0.6) is 0 Å². The third-order valence-electron chi connectivity index (χ3n) is 5.76. The molecule has 1 fully saturated rings. The quantitative estimate of drug-likeness (QED) is 0.782. The second kappa shape index (κ2) is 5.89. The van der Waals surface area contributed by atoms with Crippen molar-refractivity contribution in [3.63, 3.8) is 0 Å². The first-order valence-corrected chi connectivity index (χ1v) is 8.53. The maximum Gasteiger partial charge on any atom is 0.0710 e. The van der Waals surface area contributed by atoms with Gasteiger partial charge in [0.05, 0.1) is 5.60 Å². The van der Waals surface area contributed by atoms with E-state index in [-0.39, 0.29) is 5.60 Å². The first-order valence-electron chi connectivity index (χ1n) is 8.53. The predicted molar refractivity (Wildman–Crippen MR) is 83.8 cm³/mol. The van der Waals surface area contributed by atoms with Gasteiger partial charge in [0, 0.05) is 0 Å². The van der Waals surface area contributed by atoms with Gasteiger partial charge in [-0.05, 0) is 55.1 Å². The summed E-state index contributed by atoms with van der Waals surface area (Å²) in [5.74, 6) is 0.996. The van der Waals surface area contributed by atoms with E-state index < -0.39 is 0 Å². The van der Waals surface area contributed by atoms with E-state index in [4.69, 9.17) is 0 Å². The summed E-state index contributed by atoms with van der Waals surface area (Å²) in [7, 11) is 0. The Morgan fingerprint density at radius 3 is 2.15 bits per heavy atom. The highest BCUT2D eigenvalue weighted by atomic mass is 16.3. The molecule has 1 aromatic carbocycles. The van der Waals surface area contributed by atoms with E-state index in [0.29, 0.717) is 11.8 Å². The first kappa shape index (κ1) is 14.1. The number of hydrogen-bond donors (Lipinski definition) is 1. The number of benzene rings is 1. The fraction of sp³-hybridized carbons (Fsp3) is 0.684. The van der Waals surface area contributed by atoms with Crippen molar-refractivity contribution < 1.29 is 5.11 Å². The summed E-state index contributed by atoms with van der Waals surface area (Å²) >= 11 is 0. The lowest BCUT2D eigenvalue weighted by Gasteiger charge is -2.34. The molecule has 20 heavy (non-hydrogen) atoms. The minimum Gasteiger partial charge on any atom is -0.389 e. The molecule has 2 aliphatic rings. The van der Waals surface area contributed by atoms with Gasteiger partial charge in [0.25, 0.3) is 0 Å². The minimum atomic E-state index is -0.382. The third-order valence-corrected chi connectivity index (χ3v) is 5.76. The lowest BCUT2D eigenvalue weighted by atomic mass is 9.78. The molecule has 0 aliphatic heterocycles. The van der Waals surface area contributed by atoms with Gasteiger partial charge in [-0.2, -0.15) is 0 Å². The molecule has 0 amide bonds. The molecule has 1 N–H and O–H groups in total. The molecule has 1 heteroatoms. The van der Waals surface area contributed by atoms with Crippen molar-refractivity contribution >= 4 is 0 Å². The Balaban J connectivity index is 1.74. The zero-order valence-corrected chi connectivity index (χ0v) is 12.8. The molecule has 0 spiro atoms. The molecule has 2 unspecified atom stereocenters. The molecule has 2 atom stereocenters. The number of hydrogen-bond acceptors (Lipinski definition) is 1. The highest BCUT2D eigenvalue weighted by molar-refractivity contribution is 5.31. The fourth-order valence-corrected chi connectivity index (χ4v) is 4.52. The molecule has 0 radical (unpaired) electrons. The van der Waals surface area contributed by atoms with Crippen molar-refractivity contribution in [2.75, 3.05) is 0 Å². The summed E-state index contributed by atoms with van der Waals surface area (Å²) < 4.78 is 0. The first-order chi connectivity index (χ1) is 9.74. The van der Waals surface area contributed by atoms with E-state index in [1.807, 2.05) is 0 Å². The number of rotatable bonds is 5. The van der Waals surface area contributed by atoms with Gasteiger partial charge in [0.1, 0.15) is 0 Å². The van der Waals surface area contributed by atoms with Crippen molar-refractivity contribution in [2.24, 2.45) is 11.8 Å². The van der Waals surface area contributed by atoms with E-state index >= 15 is 0 Å². The van der Waals surface area contributed by atoms with Gasteiger partial charge in [-0.1, -0.05) is 56.9 Å². The van der Waals surface area contributed by atoms with Gasteiger partial charge in [0.15, 0.2) is 0 Å². The second-order valence-electron chi connectivity index (χ2n) is 6.95. The number of unbranched alkanes of at least 4 members (excludes halogenated alkanes) is 3. The summed E-state index contributed by atoms with van der Waals surface area (Å²) in [4.78, 5) is 0. The Morgan fingerprint density at radius 2 is 1.60 bits per heavy atom. The molecule has 1 nitrogen and oxygen atoms in total. The molecule has 1 aromatic rings. The average molecular weight is 272 g/mol. The molecule has 110 valence electrons. The topological polar surface area (TPSA) is 20.2 Å². The molecule has 2 bridgehead atoms. The maximum atomic E-state index is 11.3. The highest BCUT2D eigenvalue weighted by Gasteiger charge is 2.49. The molecule has 3 rings (SSSR count). The normalized spacial score (nSPS) is 31.9. The summed E-state index contributed by atoms with van der Waals surface area (Å²) in [6.07, 6.45) is 10.7. The van der Waals surface area contributed by atoms with Gasteiger partial charge < -0.3 is 5.11 Å². The monoisotopic (exact) mass is 272 g/mol. The van der Waals surface area contributed by atoms with Crippen LogP contribution in [0.2, 0.25) is 0 Å². The third kappa shape index (κ3) is 2.53. The van der Waals surface area contributed by atoms with Gasteiger partial charge >= 0.3 is 0 Å². The van der Waals surface area contributed by atoms with E-state index in [9.17, 15) is 5.11 Å². The van der Waals surface area contributed by atoms with E-state index in [2.05, 4.69) is 31.2 Å². The Bertz CT molecular complexity index is 418. The average Bonchev–Trinajstić information content (AvgIpc) is 2.66. The van der Waals surface area contributed by atoms with Crippen molar-refractivity contribution in [1.82, 2.24) is 0 Å². The summed E-state index contributed by atoms with van der Waals surface area (Å²) in [6.45, 7) is 2.25. The Kier molecular flexibility index (Phi) is 4.16. The van der Waals surface area contributed by atoms with Crippen LogP contribution in [0.15, 0.2) is 24.3 Å². The number of fused-ring (bicyclic) bond motifs is 3. The van der Waals surface area contributed by atoms with Crippen LogP contribution in [0.3, 0.4) is 0 Å². The predicted octanol–water partition coefficient (Wildman–Crippen LogP) is 4.51. The van der Waals surface area contributed by atoms with Crippen LogP contribution in [0.25, 0.3) is 0 Å². The lowest BCUT2D eigenvalue weighted by molar-refractivity contribution is -0.0426. The smallest absolute Gasteiger partial charge is 0.0710 e. The van der Waals surface area contributed by atoms with Crippen molar-refractivity contribution in [1.29, 1.82) is 0 Å². The molecule has 0 heterocycles. The fourth-order valence-electron chi connectivity index (χ4n) is 4.52. The highest BCUT2D eigenvalue weighted by Crippen LogP contribution is 2.49. The van der Waals surface area contributed by atoms with Gasteiger partial charge in [0.2, 0.25) is 0 Å². The summed E-state index contributed by atoms with van der Waals surface area (Å²) in [6, 6.07) is 8.84. The van der Waals surface area contributed by atoms with Gasteiger partial charge in [-0.3, -0.25) is 0 Å². The largest absolute Gasteiger partial charge is 0.389 e. The molecule has 0 aromatic heterocycles. The van der Waals surface area contributed by atoms with Crippen molar-refractivity contribution in [3.05, 3.63) is 35.4 Å². The van der Waals surface area contributed by atoms with E-state index in [0.717, 1.165) is 19.3 Å². The molecule has 1 saturated carbocycles. The Labute approximate surface area is 123 Å². The summed E-state index contributed by atoms with van der Waals surface area (Å²) in [5, 5.41) is 11.3. The molecule has 2 aliphatic carbocycles. The van der Waals surface area contributed by atoms with Gasteiger partial charge in [-0.25, -0.2) is 0 Å². The lowest BCUT2D eigenvalue weighted by Crippen LogP contribution is -2.40. The SMILES string of the molecule is CCCCCCC1(O)C2CCC1Cc1ccccc1C2. The van der Waals surface area contributed by atoms with Crippen LogP contribution in [0.1, 0.15) is 63.0 Å². The molecular weight excluding hydrogens is 244 g/mol. The number of aliphatic hydroxyl groups is 1. The maximum absolute atomic E-state index is 11.3. The standard InChI is InChI=1S/C19H28O/c1-2-3-4-7-12-19(20)17-10-11-18(19)14-16-9-6-5-8-15(16)13-17/h5-6,8-9,17-18,20H,2-4,7,10-14H2,1H3. The summed E-state index contributed by atoms with van der Waals surface area (Å²) in [5.41, 5.74) is 2.60. The van der Waals surface area contributed by atoms with Crippen LogP contribution >= 0.6 is 0 Å². The molecular formula is C19H28O. The second-order valence-corrected chi connectivity index (χ2v) is 6.95. The molecule has 0 saturated heterocycles. The van der Waals surface area contributed by atoms with Crippen LogP contribution in [-0.4, -0.2) is 10.7 Å². The van der Waals surface area contributed by atoms with Crippen LogP contribution in [0, 0.1) is 11.8 Å². The van der Waals surface area contributed by atoms with Crippen LogP contribution in [0.4, 0.5) is 0 Å². The van der Waals surface area contributed by atoms with Crippen LogP contribution < -0.4 is 0 Å². The van der Waals surface area contributed by atoms with E-state index in [1.54, 1.807) is 0 Å². The van der Waals surface area contributed by atoms with Gasteiger partial charge in [-0.15, -0.1) is 0 Å².